The first-order valence-electron chi connectivity index (χ1n) is 12.1. The number of aromatic nitrogens is 3. The zero-order chi connectivity index (χ0) is 30.5. The molecule has 3 aromatic heterocycles. The zero-order valence-electron chi connectivity index (χ0n) is 21.7. The predicted molar refractivity (Wildman–Crippen MR) is 170 cm³/mol. The van der Waals surface area contributed by atoms with Crippen molar-refractivity contribution in [3.05, 3.63) is 87.2 Å². The van der Waals surface area contributed by atoms with Crippen LogP contribution < -0.4 is 21.1 Å². The quantitative estimate of drug-likeness (QED) is 0.258. The third kappa shape index (κ3) is 7.67. The van der Waals surface area contributed by atoms with Gasteiger partial charge in [-0.05, 0) is 68.3 Å². The number of nitrogen functional groups attached to an aromatic ring is 2. The number of nitrogens with one attached hydrogen (secondary N) is 1. The minimum Gasteiger partial charge on any atom is -0.383 e. The summed E-state index contributed by atoms with van der Waals surface area (Å²) in [6.45, 7) is 1.84. The van der Waals surface area contributed by atoms with E-state index in [2.05, 4.69) is 56.4 Å². The largest absolute Gasteiger partial charge is 0.383 e. The van der Waals surface area contributed by atoms with E-state index in [4.69, 9.17) is 23.1 Å². The number of benzene rings is 1. The van der Waals surface area contributed by atoms with Gasteiger partial charge in [-0.3, -0.25) is 4.72 Å². The van der Waals surface area contributed by atoms with E-state index in [0.29, 0.717) is 40.1 Å². The molecule has 1 aliphatic rings. The number of anilines is 4. The molecular weight excluding hydrogens is 736 g/mol. The molecule has 0 spiro atoms. The van der Waals surface area contributed by atoms with Crippen LogP contribution >= 0.6 is 43.5 Å². The molecule has 0 unspecified atom stereocenters. The maximum atomic E-state index is 12.8. The fourth-order valence-corrected chi connectivity index (χ4v) is 7.77. The number of sulfonamides is 2. The molecule has 5 N–H and O–H groups in total. The minimum absolute atomic E-state index is 0.00623. The maximum Gasteiger partial charge on any atom is 0.266 e. The molecule has 4 aromatic rings. The van der Waals surface area contributed by atoms with Crippen molar-refractivity contribution in [2.45, 2.75) is 9.79 Å². The molecule has 0 aliphatic carbocycles. The molecule has 4 heterocycles. The second-order valence-electron chi connectivity index (χ2n) is 8.74. The Kier molecular flexibility index (Phi) is 10.3. The lowest BCUT2D eigenvalue weighted by molar-refractivity contribution is 0.385. The van der Waals surface area contributed by atoms with Crippen molar-refractivity contribution in [1.29, 1.82) is 0 Å². The topological polar surface area (TPSA) is 178 Å². The van der Waals surface area contributed by atoms with Gasteiger partial charge in [0.05, 0.1) is 10.7 Å². The van der Waals surface area contributed by atoms with Crippen LogP contribution in [-0.4, -0.2) is 62.3 Å². The molecule has 1 aliphatic heterocycles. The lowest BCUT2D eigenvalue weighted by Gasteiger charge is -2.35. The van der Waals surface area contributed by atoms with Gasteiger partial charge in [0.25, 0.3) is 10.0 Å². The number of piperazine rings is 1. The average molecular weight is 761 g/mol. The Morgan fingerprint density at radius 2 is 1.36 bits per heavy atom. The molecule has 0 amide bonds. The highest BCUT2D eigenvalue weighted by atomic mass is 79.9. The van der Waals surface area contributed by atoms with Crippen molar-refractivity contribution in [2.75, 3.05) is 47.3 Å². The molecule has 0 atom stereocenters. The van der Waals surface area contributed by atoms with Crippen LogP contribution in [0.25, 0.3) is 0 Å². The highest BCUT2D eigenvalue weighted by Gasteiger charge is 2.31. The molecule has 5 rings (SSSR count). The lowest BCUT2D eigenvalue weighted by Crippen LogP contribution is -2.48. The molecule has 0 bridgehead atoms. The molecule has 222 valence electrons. The Hall–Kier alpha value is -3.02. The number of rotatable bonds is 6. The lowest BCUT2D eigenvalue weighted by atomic mass is 10.2. The summed E-state index contributed by atoms with van der Waals surface area (Å²) in [5.41, 5.74) is 12.2. The van der Waals surface area contributed by atoms with Crippen LogP contribution in [0, 0.1) is 0 Å². The first kappa shape index (κ1) is 31.9. The fraction of sp³-hybridized carbons (Fsp3) is 0.160. The summed E-state index contributed by atoms with van der Waals surface area (Å²) in [7, 11) is -7.47. The van der Waals surface area contributed by atoms with Gasteiger partial charge in [0.2, 0.25) is 10.0 Å². The Morgan fingerprint density at radius 3 is 1.95 bits per heavy atom. The van der Waals surface area contributed by atoms with E-state index in [-0.39, 0.29) is 27.2 Å². The average Bonchev–Trinajstić information content (AvgIpc) is 2.96. The fourth-order valence-electron chi connectivity index (χ4n) is 3.92. The first-order valence-corrected chi connectivity index (χ1v) is 17.0. The number of para-hydroxylation sites is 1. The highest BCUT2D eigenvalue weighted by Crippen LogP contribution is 2.29. The number of nitrogens with two attached hydrogens (primary N) is 2. The third-order valence-corrected chi connectivity index (χ3v) is 10.4. The van der Waals surface area contributed by atoms with Crippen LogP contribution in [0.3, 0.4) is 0 Å². The highest BCUT2D eigenvalue weighted by molar-refractivity contribution is 9.10. The molecule has 0 saturated carbocycles. The molecular formula is C25H25Br2ClN8O4S2. The summed E-state index contributed by atoms with van der Waals surface area (Å²) in [6, 6.07) is 15.3. The van der Waals surface area contributed by atoms with Gasteiger partial charge in [-0.1, -0.05) is 29.8 Å². The number of pyridine rings is 3. The first-order chi connectivity index (χ1) is 19.9. The molecule has 42 heavy (non-hydrogen) atoms. The van der Waals surface area contributed by atoms with E-state index in [1.54, 1.807) is 18.2 Å². The van der Waals surface area contributed by atoms with Gasteiger partial charge in [0.15, 0.2) is 0 Å². The summed E-state index contributed by atoms with van der Waals surface area (Å²) in [5.74, 6) is 0.158. The van der Waals surface area contributed by atoms with E-state index in [1.165, 1.54) is 35.0 Å². The van der Waals surface area contributed by atoms with Crippen molar-refractivity contribution in [3.63, 3.8) is 0 Å². The van der Waals surface area contributed by atoms with Crippen molar-refractivity contribution >= 4 is 86.6 Å². The smallest absolute Gasteiger partial charge is 0.266 e. The molecule has 12 nitrogen and oxygen atoms in total. The van der Waals surface area contributed by atoms with Crippen molar-refractivity contribution in [3.8, 4) is 0 Å². The SMILES string of the molecule is Nc1ncc(Br)cc1S(=O)(=O)N1CCN(c2ccccc2Cl)CC1.Nc1ncc(Br)cc1S(=O)(=O)Nc1ccccn1. The van der Waals surface area contributed by atoms with Gasteiger partial charge in [-0.25, -0.2) is 31.8 Å². The minimum atomic E-state index is -3.80. The number of halogens is 3. The zero-order valence-corrected chi connectivity index (χ0v) is 27.3. The second-order valence-corrected chi connectivity index (χ2v) is 14.5. The van der Waals surface area contributed by atoms with Crippen LogP contribution in [0.1, 0.15) is 0 Å². The molecule has 1 saturated heterocycles. The van der Waals surface area contributed by atoms with Gasteiger partial charge < -0.3 is 16.4 Å². The van der Waals surface area contributed by atoms with Crippen LogP contribution in [-0.2, 0) is 20.0 Å². The van der Waals surface area contributed by atoms with Gasteiger partial charge in [0.1, 0.15) is 27.2 Å². The predicted octanol–water partition coefficient (Wildman–Crippen LogP) is 4.21. The number of nitrogens with zero attached hydrogens (tertiary/aromatic N) is 5. The Morgan fingerprint density at radius 1 is 0.786 bits per heavy atom. The number of hydrogen-bond donors (Lipinski definition) is 3. The Balaban J connectivity index is 0.000000201. The summed E-state index contributed by atoms with van der Waals surface area (Å²) in [6.07, 6.45) is 4.39. The Bertz CT molecular complexity index is 1780. The summed E-state index contributed by atoms with van der Waals surface area (Å²) >= 11 is 12.6. The summed E-state index contributed by atoms with van der Waals surface area (Å²) in [5, 5.41) is 0.661. The van der Waals surface area contributed by atoms with E-state index < -0.39 is 20.0 Å². The van der Waals surface area contributed by atoms with Gasteiger partial charge in [-0.15, -0.1) is 0 Å². The van der Waals surface area contributed by atoms with Gasteiger partial charge in [0, 0.05) is 53.7 Å². The molecule has 17 heteroatoms. The van der Waals surface area contributed by atoms with Gasteiger partial charge >= 0.3 is 0 Å². The monoisotopic (exact) mass is 758 g/mol. The normalized spacial score (nSPS) is 14.1. The van der Waals surface area contributed by atoms with Crippen molar-refractivity contribution in [2.24, 2.45) is 0 Å². The second kappa shape index (κ2) is 13.5. The van der Waals surface area contributed by atoms with Gasteiger partial charge in [-0.2, -0.15) is 4.31 Å². The summed E-state index contributed by atoms with van der Waals surface area (Å²) in [4.78, 5) is 13.6. The van der Waals surface area contributed by atoms with Crippen LogP contribution in [0.4, 0.5) is 23.1 Å². The van der Waals surface area contributed by atoms with E-state index in [9.17, 15) is 16.8 Å². The molecule has 1 fully saturated rings. The molecule has 1 aromatic carbocycles. The van der Waals surface area contributed by atoms with Crippen LogP contribution in [0.5, 0.6) is 0 Å². The number of hydrogen-bond acceptors (Lipinski definition) is 10. The van der Waals surface area contributed by atoms with E-state index in [0.717, 1.165) is 5.69 Å². The maximum absolute atomic E-state index is 12.8. The van der Waals surface area contributed by atoms with Crippen LogP contribution in [0.15, 0.2) is 91.9 Å². The third-order valence-electron chi connectivity index (χ3n) is 5.94. The Labute approximate surface area is 265 Å². The van der Waals surface area contributed by atoms with Crippen LogP contribution in [0.2, 0.25) is 5.02 Å². The molecule has 0 radical (unpaired) electrons. The van der Waals surface area contributed by atoms with E-state index in [1.807, 2.05) is 24.3 Å². The standard InChI is InChI=1S/C15H16BrClN4O2S.C10H9BrN4O2S/c16-11-9-14(15(18)19-10-11)24(22,23)21-7-5-20(6-8-21)13-4-2-1-3-12(13)17;11-7-5-8(10(12)14-6-7)18(16,17)15-9-3-1-2-4-13-9/h1-4,9-10H,5-8H2,(H2,18,19);1-6H,(H2,12,14)(H,13,15). The summed E-state index contributed by atoms with van der Waals surface area (Å²) < 4.78 is 54.6. The van der Waals surface area contributed by atoms with Crippen molar-refractivity contribution in [1.82, 2.24) is 19.3 Å². The van der Waals surface area contributed by atoms with E-state index >= 15 is 0 Å². The van der Waals surface area contributed by atoms with Crippen molar-refractivity contribution < 1.29 is 16.8 Å².